The molecular formula is C31H44O8. The first-order valence-electron chi connectivity index (χ1n) is 12.8. The lowest BCUT2D eigenvalue weighted by molar-refractivity contribution is -0.140. The third kappa shape index (κ3) is 20.8. The molecule has 0 atom stereocenters. The van der Waals surface area contributed by atoms with Crippen LogP contribution in [-0.4, -0.2) is 42.7 Å². The molecule has 8 nitrogen and oxygen atoms in total. The molecule has 1 N–H and O–H groups in total. The highest BCUT2D eigenvalue weighted by Gasteiger charge is 2.09. The molecule has 1 aromatic rings. The van der Waals surface area contributed by atoms with Crippen LogP contribution in [0, 0.1) is 0 Å². The molecule has 0 bridgehead atoms. The van der Waals surface area contributed by atoms with Crippen LogP contribution in [0.15, 0.2) is 78.4 Å². The summed E-state index contributed by atoms with van der Waals surface area (Å²) in [6, 6.07) is 9.30. The van der Waals surface area contributed by atoms with Crippen LogP contribution in [0.2, 0.25) is 0 Å². The normalized spacial score (nSPS) is 9.92. The Hall–Kier alpha value is -3.94. The summed E-state index contributed by atoms with van der Waals surface area (Å²) in [6.07, 6.45) is 6.81. The molecule has 8 heteroatoms. The van der Waals surface area contributed by atoms with Gasteiger partial charge < -0.3 is 19.3 Å². The van der Waals surface area contributed by atoms with Gasteiger partial charge in [0.05, 0.1) is 13.7 Å². The van der Waals surface area contributed by atoms with Crippen LogP contribution in [0.1, 0.15) is 71.8 Å². The molecule has 0 aromatic heterocycles. The summed E-state index contributed by atoms with van der Waals surface area (Å²) in [5.74, 6) is -2.11. The van der Waals surface area contributed by atoms with Gasteiger partial charge >= 0.3 is 23.9 Å². The predicted octanol–water partition coefficient (Wildman–Crippen LogP) is 6.52. The van der Waals surface area contributed by atoms with Gasteiger partial charge in [-0.15, -0.1) is 0 Å². The van der Waals surface area contributed by atoms with E-state index in [1.807, 2.05) is 37.3 Å². The van der Waals surface area contributed by atoms with Crippen molar-refractivity contribution in [1.82, 2.24) is 0 Å². The van der Waals surface area contributed by atoms with E-state index in [0.717, 1.165) is 18.4 Å². The van der Waals surface area contributed by atoms with E-state index in [0.29, 0.717) is 24.2 Å². The first-order valence-corrected chi connectivity index (χ1v) is 12.8. The van der Waals surface area contributed by atoms with Crippen LogP contribution in [0.25, 0.3) is 0 Å². The van der Waals surface area contributed by atoms with Gasteiger partial charge in [-0.25, -0.2) is 19.2 Å². The molecule has 0 aliphatic carbocycles. The number of carbonyl (C=O) groups excluding carboxylic acids is 3. The van der Waals surface area contributed by atoms with Crippen LogP contribution < -0.4 is 0 Å². The molecule has 0 unspecified atom stereocenters. The van der Waals surface area contributed by atoms with Crippen LogP contribution in [0.3, 0.4) is 0 Å². The Labute approximate surface area is 233 Å². The SMILES string of the molecule is C=C(C)C(=O)OC.C=C(CC)C(=O)OCCCCCC.C=C(CC=C(C)C(=O)O)C(=O)OCc1ccccc1. The monoisotopic (exact) mass is 544 g/mol. The van der Waals surface area contributed by atoms with Gasteiger partial charge in [0.25, 0.3) is 0 Å². The van der Waals surface area contributed by atoms with Crippen molar-refractivity contribution in [2.45, 2.75) is 72.8 Å². The lowest BCUT2D eigenvalue weighted by Crippen LogP contribution is -2.07. The van der Waals surface area contributed by atoms with Gasteiger partial charge in [-0.3, -0.25) is 0 Å². The Morgan fingerprint density at radius 3 is 1.90 bits per heavy atom. The summed E-state index contributed by atoms with van der Waals surface area (Å²) in [6.45, 7) is 18.4. The lowest BCUT2D eigenvalue weighted by Gasteiger charge is -2.05. The topological polar surface area (TPSA) is 116 Å². The first kappa shape index (κ1) is 37.2. The molecule has 0 amide bonds. The molecule has 0 fully saturated rings. The Morgan fingerprint density at radius 2 is 1.44 bits per heavy atom. The number of esters is 3. The van der Waals surface area contributed by atoms with Gasteiger partial charge in [0.2, 0.25) is 0 Å². The molecule has 0 radical (unpaired) electrons. The fourth-order valence-electron chi connectivity index (χ4n) is 2.39. The van der Waals surface area contributed by atoms with E-state index >= 15 is 0 Å². The third-order valence-corrected chi connectivity index (χ3v) is 4.97. The largest absolute Gasteiger partial charge is 0.478 e. The van der Waals surface area contributed by atoms with Crippen molar-refractivity contribution in [3.8, 4) is 0 Å². The Balaban J connectivity index is 0. The Morgan fingerprint density at radius 1 is 0.846 bits per heavy atom. The third-order valence-electron chi connectivity index (χ3n) is 4.97. The minimum atomic E-state index is -1.01. The molecule has 1 aromatic carbocycles. The van der Waals surface area contributed by atoms with Crippen LogP contribution >= 0.6 is 0 Å². The van der Waals surface area contributed by atoms with Crippen LogP contribution in [0.4, 0.5) is 0 Å². The standard InChI is InChI=1S/C15H16O4.C11H20O2.C5H8O2/c1-11(14(16)17)8-9-12(2)15(18)19-10-13-6-4-3-5-7-13;1-4-6-7-8-9-13-11(12)10(3)5-2;1-4(2)5(6)7-3/h3-8H,2,9-10H2,1H3,(H,16,17);3-9H2,1-2H3;1H2,2-3H3. The van der Waals surface area contributed by atoms with Crippen molar-refractivity contribution in [3.05, 3.63) is 84.0 Å². The average molecular weight is 545 g/mol. The highest BCUT2D eigenvalue weighted by atomic mass is 16.5. The van der Waals surface area contributed by atoms with Crippen LogP contribution in [0.5, 0.6) is 0 Å². The van der Waals surface area contributed by atoms with Crippen molar-refractivity contribution in [2.75, 3.05) is 13.7 Å². The number of ether oxygens (including phenoxy) is 3. The minimum absolute atomic E-state index is 0.172. The van der Waals surface area contributed by atoms with Gasteiger partial charge in [0, 0.05) is 22.3 Å². The van der Waals surface area contributed by atoms with E-state index in [9.17, 15) is 19.2 Å². The maximum Gasteiger partial charge on any atom is 0.334 e. The zero-order chi connectivity index (χ0) is 30.2. The molecule has 0 saturated carbocycles. The highest BCUT2D eigenvalue weighted by molar-refractivity contribution is 5.89. The summed E-state index contributed by atoms with van der Waals surface area (Å²) >= 11 is 0. The number of carbonyl (C=O) groups is 4. The molecule has 0 saturated heterocycles. The van der Waals surface area contributed by atoms with Gasteiger partial charge in [-0.2, -0.15) is 0 Å². The molecular weight excluding hydrogens is 500 g/mol. The zero-order valence-corrected chi connectivity index (χ0v) is 24.0. The van der Waals surface area contributed by atoms with E-state index in [-0.39, 0.29) is 36.1 Å². The molecule has 0 aliphatic rings. The fourth-order valence-corrected chi connectivity index (χ4v) is 2.39. The van der Waals surface area contributed by atoms with Gasteiger partial charge in [0.15, 0.2) is 0 Å². The quantitative estimate of drug-likeness (QED) is 0.122. The summed E-state index contributed by atoms with van der Waals surface area (Å²) in [4.78, 5) is 43.5. The molecule has 0 heterocycles. The van der Waals surface area contributed by atoms with E-state index in [2.05, 4.69) is 31.4 Å². The maximum atomic E-state index is 11.6. The smallest absolute Gasteiger partial charge is 0.334 e. The summed E-state index contributed by atoms with van der Waals surface area (Å²) in [5.41, 5.74) is 2.30. The number of aliphatic carboxylic acids is 1. The second-order valence-electron chi connectivity index (χ2n) is 8.49. The summed E-state index contributed by atoms with van der Waals surface area (Å²) in [7, 11) is 1.33. The fraction of sp³-hybridized carbons (Fsp3) is 0.419. The summed E-state index contributed by atoms with van der Waals surface area (Å²) in [5, 5.41) is 8.67. The van der Waals surface area contributed by atoms with E-state index in [1.54, 1.807) is 6.92 Å². The number of methoxy groups -OCH3 is 1. The van der Waals surface area contributed by atoms with Gasteiger partial charge in [0.1, 0.15) is 6.61 Å². The van der Waals surface area contributed by atoms with Crippen molar-refractivity contribution >= 4 is 23.9 Å². The number of rotatable bonds is 14. The molecule has 216 valence electrons. The molecule has 39 heavy (non-hydrogen) atoms. The number of allylic oxidation sites excluding steroid dienone is 1. The second-order valence-corrected chi connectivity index (χ2v) is 8.49. The van der Waals surface area contributed by atoms with Crippen molar-refractivity contribution in [3.63, 3.8) is 0 Å². The second kappa shape index (κ2) is 23.2. The van der Waals surface area contributed by atoms with E-state index < -0.39 is 11.9 Å². The summed E-state index contributed by atoms with van der Waals surface area (Å²) < 4.78 is 14.3. The van der Waals surface area contributed by atoms with Gasteiger partial charge in [-0.1, -0.05) is 89.3 Å². The molecule has 1 rings (SSSR count). The van der Waals surface area contributed by atoms with Gasteiger partial charge in [-0.05, 0) is 38.7 Å². The number of benzene rings is 1. The van der Waals surface area contributed by atoms with E-state index in [1.165, 1.54) is 33.0 Å². The number of hydrogen-bond donors (Lipinski definition) is 1. The van der Waals surface area contributed by atoms with Crippen LogP contribution in [-0.2, 0) is 40.0 Å². The number of hydrogen-bond acceptors (Lipinski definition) is 7. The lowest BCUT2D eigenvalue weighted by atomic mass is 10.1. The number of unbranched alkanes of at least 4 members (excludes halogenated alkanes) is 3. The minimum Gasteiger partial charge on any atom is -0.478 e. The maximum absolute atomic E-state index is 11.6. The predicted molar refractivity (Wildman–Crippen MR) is 153 cm³/mol. The highest BCUT2D eigenvalue weighted by Crippen LogP contribution is 2.08. The molecule has 0 spiro atoms. The average Bonchev–Trinajstić information content (AvgIpc) is 2.94. The first-order chi connectivity index (χ1) is 18.4. The molecule has 0 aliphatic heterocycles. The van der Waals surface area contributed by atoms with E-state index in [4.69, 9.17) is 14.6 Å². The van der Waals surface area contributed by atoms with Crippen molar-refractivity contribution < 1.29 is 38.5 Å². The zero-order valence-electron chi connectivity index (χ0n) is 24.0. The Kier molecular flexibility index (Phi) is 22.1. The number of carboxylic acids is 1. The van der Waals surface area contributed by atoms with Crippen molar-refractivity contribution in [2.24, 2.45) is 0 Å². The van der Waals surface area contributed by atoms with Crippen molar-refractivity contribution in [1.29, 1.82) is 0 Å². The number of carboxylic acid groups (broad SMARTS) is 1. The Bertz CT molecular complexity index is 974.